The molecule has 5 heteroatoms. The van der Waals surface area contributed by atoms with Crippen molar-refractivity contribution in [3.8, 4) is 10.6 Å². The molecular weight excluding hydrogens is 231 g/mol. The van der Waals surface area contributed by atoms with E-state index < -0.39 is 0 Å². The third-order valence-electron chi connectivity index (χ3n) is 1.89. The standard InChI is InChI=1S/C10H9FN2S2/c1-6(14)9-5-13-10(15-9)7-2-8(11)4-12-3-7/h2-6,14H,1H3. The molecule has 2 aromatic rings. The summed E-state index contributed by atoms with van der Waals surface area (Å²) >= 11 is 5.82. The molecule has 0 N–H and O–H groups in total. The molecular formula is C10H9FN2S2. The molecule has 2 rings (SSSR count). The van der Waals surface area contributed by atoms with Gasteiger partial charge in [0.05, 0.1) is 6.20 Å². The summed E-state index contributed by atoms with van der Waals surface area (Å²) in [6, 6.07) is 1.43. The van der Waals surface area contributed by atoms with Gasteiger partial charge in [-0.15, -0.1) is 11.3 Å². The van der Waals surface area contributed by atoms with E-state index in [9.17, 15) is 4.39 Å². The fourth-order valence-electron chi connectivity index (χ4n) is 1.14. The van der Waals surface area contributed by atoms with Crippen LogP contribution >= 0.6 is 24.0 Å². The first kappa shape index (κ1) is 10.6. The summed E-state index contributed by atoms with van der Waals surface area (Å²) < 4.78 is 12.9. The number of pyridine rings is 1. The maximum Gasteiger partial charge on any atom is 0.142 e. The predicted octanol–water partition coefficient (Wildman–Crippen LogP) is 3.34. The second-order valence-corrected chi connectivity index (χ2v) is 4.97. The first-order valence-corrected chi connectivity index (χ1v) is 5.75. The van der Waals surface area contributed by atoms with Crippen LogP contribution in [0, 0.1) is 5.82 Å². The average molecular weight is 240 g/mol. The molecule has 2 aromatic heterocycles. The lowest BCUT2D eigenvalue weighted by Crippen LogP contribution is -1.81. The van der Waals surface area contributed by atoms with E-state index in [-0.39, 0.29) is 11.1 Å². The van der Waals surface area contributed by atoms with Crippen LogP contribution in [-0.4, -0.2) is 9.97 Å². The first-order valence-electron chi connectivity index (χ1n) is 4.41. The molecule has 15 heavy (non-hydrogen) atoms. The van der Waals surface area contributed by atoms with Gasteiger partial charge >= 0.3 is 0 Å². The number of rotatable bonds is 2. The Morgan fingerprint density at radius 1 is 1.40 bits per heavy atom. The molecule has 0 spiro atoms. The summed E-state index contributed by atoms with van der Waals surface area (Å²) in [5.41, 5.74) is 0.709. The van der Waals surface area contributed by atoms with Crippen LogP contribution in [0.3, 0.4) is 0 Å². The van der Waals surface area contributed by atoms with E-state index in [1.165, 1.54) is 23.6 Å². The van der Waals surface area contributed by atoms with E-state index in [1.807, 2.05) is 6.92 Å². The van der Waals surface area contributed by atoms with Crippen LogP contribution in [0.1, 0.15) is 17.1 Å². The zero-order valence-electron chi connectivity index (χ0n) is 8.01. The van der Waals surface area contributed by atoms with Crippen LogP contribution in [0.25, 0.3) is 10.6 Å². The molecule has 2 nitrogen and oxygen atoms in total. The molecule has 2 heterocycles. The highest BCUT2D eigenvalue weighted by Crippen LogP contribution is 2.30. The van der Waals surface area contributed by atoms with Crippen molar-refractivity contribution in [1.82, 2.24) is 9.97 Å². The smallest absolute Gasteiger partial charge is 0.142 e. The van der Waals surface area contributed by atoms with Crippen molar-refractivity contribution in [1.29, 1.82) is 0 Å². The Hall–Kier alpha value is -0.940. The third-order valence-corrected chi connectivity index (χ3v) is 3.57. The minimum absolute atomic E-state index is 0.151. The lowest BCUT2D eigenvalue weighted by atomic mass is 10.3. The van der Waals surface area contributed by atoms with E-state index in [0.29, 0.717) is 5.56 Å². The van der Waals surface area contributed by atoms with Gasteiger partial charge in [-0.25, -0.2) is 9.37 Å². The van der Waals surface area contributed by atoms with Crippen molar-refractivity contribution in [3.63, 3.8) is 0 Å². The maximum absolute atomic E-state index is 12.9. The number of aromatic nitrogens is 2. The number of hydrogen-bond donors (Lipinski definition) is 1. The van der Waals surface area contributed by atoms with E-state index >= 15 is 0 Å². The van der Waals surface area contributed by atoms with E-state index in [2.05, 4.69) is 22.6 Å². The second kappa shape index (κ2) is 4.28. The molecule has 0 aliphatic heterocycles. The summed E-state index contributed by atoms with van der Waals surface area (Å²) in [6.45, 7) is 1.98. The summed E-state index contributed by atoms with van der Waals surface area (Å²) in [5.74, 6) is -0.344. The molecule has 0 amide bonds. The minimum atomic E-state index is -0.344. The maximum atomic E-state index is 12.9. The molecule has 0 aromatic carbocycles. The van der Waals surface area contributed by atoms with Crippen LogP contribution in [0.15, 0.2) is 24.7 Å². The Kier molecular flexibility index (Phi) is 3.02. The normalized spacial score (nSPS) is 12.7. The molecule has 0 fully saturated rings. The number of hydrogen-bond acceptors (Lipinski definition) is 4. The Bertz CT molecular complexity index is 468. The highest BCUT2D eigenvalue weighted by Gasteiger charge is 2.08. The zero-order chi connectivity index (χ0) is 10.8. The topological polar surface area (TPSA) is 25.8 Å². The largest absolute Gasteiger partial charge is 0.261 e. The van der Waals surface area contributed by atoms with Gasteiger partial charge in [0, 0.05) is 28.1 Å². The molecule has 1 atom stereocenters. The highest BCUT2D eigenvalue weighted by molar-refractivity contribution is 7.80. The van der Waals surface area contributed by atoms with Crippen molar-refractivity contribution >= 4 is 24.0 Å². The molecule has 0 saturated heterocycles. The Balaban J connectivity index is 2.37. The molecule has 78 valence electrons. The number of nitrogens with zero attached hydrogens (tertiary/aromatic N) is 2. The summed E-state index contributed by atoms with van der Waals surface area (Å²) in [7, 11) is 0. The molecule has 1 unspecified atom stereocenters. The predicted molar refractivity (Wildman–Crippen MR) is 62.7 cm³/mol. The van der Waals surface area contributed by atoms with Crippen LogP contribution < -0.4 is 0 Å². The van der Waals surface area contributed by atoms with Gasteiger partial charge in [-0.05, 0) is 13.0 Å². The first-order chi connectivity index (χ1) is 7.16. The van der Waals surface area contributed by atoms with Gasteiger partial charge in [0.2, 0.25) is 0 Å². The van der Waals surface area contributed by atoms with E-state index in [4.69, 9.17) is 0 Å². The van der Waals surface area contributed by atoms with E-state index in [0.717, 1.165) is 9.88 Å². The van der Waals surface area contributed by atoms with Crippen LogP contribution in [-0.2, 0) is 0 Å². The average Bonchev–Trinajstić information content (AvgIpc) is 2.66. The zero-order valence-corrected chi connectivity index (χ0v) is 9.73. The molecule has 0 aliphatic carbocycles. The summed E-state index contributed by atoms with van der Waals surface area (Å²) in [6.07, 6.45) is 4.55. The minimum Gasteiger partial charge on any atom is -0.261 e. The Morgan fingerprint density at radius 2 is 2.20 bits per heavy atom. The Morgan fingerprint density at radius 3 is 2.80 bits per heavy atom. The molecule has 0 radical (unpaired) electrons. The van der Waals surface area contributed by atoms with Crippen molar-refractivity contribution < 1.29 is 4.39 Å². The van der Waals surface area contributed by atoms with Crippen molar-refractivity contribution in [3.05, 3.63) is 35.4 Å². The fraction of sp³-hybridized carbons (Fsp3) is 0.200. The Labute approximate surface area is 96.6 Å². The second-order valence-electron chi connectivity index (χ2n) is 3.14. The van der Waals surface area contributed by atoms with Crippen LogP contribution in [0.2, 0.25) is 0 Å². The van der Waals surface area contributed by atoms with E-state index in [1.54, 1.807) is 12.4 Å². The van der Waals surface area contributed by atoms with Gasteiger partial charge in [-0.3, -0.25) is 4.98 Å². The monoisotopic (exact) mass is 240 g/mol. The van der Waals surface area contributed by atoms with Gasteiger partial charge in [0.15, 0.2) is 0 Å². The fourth-order valence-corrected chi connectivity index (χ4v) is 2.20. The molecule has 0 aliphatic rings. The lowest BCUT2D eigenvalue weighted by Gasteiger charge is -1.96. The van der Waals surface area contributed by atoms with Gasteiger partial charge in [0.25, 0.3) is 0 Å². The van der Waals surface area contributed by atoms with Gasteiger partial charge in [-0.1, -0.05) is 0 Å². The summed E-state index contributed by atoms with van der Waals surface area (Å²) in [4.78, 5) is 9.07. The van der Waals surface area contributed by atoms with Crippen molar-refractivity contribution in [2.75, 3.05) is 0 Å². The van der Waals surface area contributed by atoms with Gasteiger partial charge in [0.1, 0.15) is 10.8 Å². The lowest BCUT2D eigenvalue weighted by molar-refractivity contribution is 0.622. The van der Waals surface area contributed by atoms with Crippen LogP contribution in [0.4, 0.5) is 4.39 Å². The quantitative estimate of drug-likeness (QED) is 0.815. The SMILES string of the molecule is CC(S)c1cnc(-c2cncc(F)c2)s1. The summed E-state index contributed by atoms with van der Waals surface area (Å²) in [5, 5.41) is 0.927. The van der Waals surface area contributed by atoms with Crippen molar-refractivity contribution in [2.45, 2.75) is 12.2 Å². The van der Waals surface area contributed by atoms with Crippen LogP contribution in [0.5, 0.6) is 0 Å². The highest BCUT2D eigenvalue weighted by atomic mass is 32.1. The molecule has 0 saturated carbocycles. The number of halogens is 1. The number of thiol groups is 1. The van der Waals surface area contributed by atoms with Gasteiger partial charge < -0.3 is 0 Å². The van der Waals surface area contributed by atoms with Crippen molar-refractivity contribution in [2.24, 2.45) is 0 Å². The van der Waals surface area contributed by atoms with Gasteiger partial charge in [-0.2, -0.15) is 12.6 Å². The third kappa shape index (κ3) is 2.35. The molecule has 0 bridgehead atoms. The number of thiazole rings is 1.